The summed E-state index contributed by atoms with van der Waals surface area (Å²) in [5.41, 5.74) is 9.29. The van der Waals surface area contributed by atoms with Gasteiger partial charge in [0.05, 0.1) is 18.0 Å². The van der Waals surface area contributed by atoms with E-state index in [1.165, 1.54) is 0 Å². The van der Waals surface area contributed by atoms with Gasteiger partial charge < -0.3 is 10.2 Å². The number of anilines is 1. The molecule has 0 atom stereocenters. The maximum absolute atomic E-state index is 6.34. The van der Waals surface area contributed by atoms with Crippen LogP contribution in [-0.2, 0) is 16.4 Å². The van der Waals surface area contributed by atoms with Crippen LogP contribution >= 0.6 is 0 Å². The van der Waals surface area contributed by atoms with E-state index < -0.39 is 8.32 Å². The zero-order chi connectivity index (χ0) is 19.0. The van der Waals surface area contributed by atoms with Gasteiger partial charge in [0.2, 0.25) is 0 Å². The summed E-state index contributed by atoms with van der Waals surface area (Å²) in [5, 5.41) is 4.91. The van der Waals surface area contributed by atoms with Crippen LogP contribution in [0.15, 0.2) is 30.3 Å². The maximum Gasteiger partial charge on any atom is 0.192 e. The molecule has 5 heteroatoms. The van der Waals surface area contributed by atoms with Crippen LogP contribution in [0, 0.1) is 0 Å². The molecule has 0 fully saturated rings. The van der Waals surface area contributed by atoms with E-state index in [1.54, 1.807) is 0 Å². The minimum atomic E-state index is -1.76. The number of nitrogen functional groups attached to an aromatic ring is 1. The molecule has 0 saturated carbocycles. The van der Waals surface area contributed by atoms with Gasteiger partial charge in [-0.1, -0.05) is 53.7 Å². The number of rotatable bonds is 4. The molecular formula is C20H33N3OSi. The molecular weight excluding hydrogens is 326 g/mol. The van der Waals surface area contributed by atoms with Crippen LogP contribution in [0.25, 0.3) is 5.69 Å². The summed E-state index contributed by atoms with van der Waals surface area (Å²) in [4.78, 5) is 0. The van der Waals surface area contributed by atoms with E-state index in [0.29, 0.717) is 12.4 Å². The maximum atomic E-state index is 6.34. The topological polar surface area (TPSA) is 53.1 Å². The number of nitrogens with two attached hydrogens (primary N) is 1. The van der Waals surface area contributed by atoms with Gasteiger partial charge in [-0.05, 0) is 35.8 Å². The molecule has 2 N–H and O–H groups in total. The molecule has 25 heavy (non-hydrogen) atoms. The van der Waals surface area contributed by atoms with Gasteiger partial charge in [-0.3, -0.25) is 0 Å². The quantitative estimate of drug-likeness (QED) is 0.756. The second kappa shape index (κ2) is 6.61. The largest absolute Gasteiger partial charge is 0.413 e. The van der Waals surface area contributed by atoms with Crippen LogP contribution in [0.2, 0.25) is 18.1 Å². The monoisotopic (exact) mass is 359 g/mol. The number of hydrogen-bond acceptors (Lipinski definition) is 3. The van der Waals surface area contributed by atoms with Crippen molar-refractivity contribution in [1.82, 2.24) is 9.78 Å². The normalized spacial score (nSPS) is 13.3. The molecule has 1 aromatic carbocycles. The summed E-state index contributed by atoms with van der Waals surface area (Å²) in [6.07, 6.45) is 0. The van der Waals surface area contributed by atoms with Gasteiger partial charge in [0, 0.05) is 11.5 Å². The third-order valence-corrected chi connectivity index (χ3v) is 9.54. The molecule has 0 bridgehead atoms. The highest BCUT2D eigenvalue weighted by atomic mass is 28.4. The fourth-order valence-electron chi connectivity index (χ4n) is 2.23. The molecule has 0 amide bonds. The highest BCUT2D eigenvalue weighted by Gasteiger charge is 2.37. The van der Waals surface area contributed by atoms with Crippen molar-refractivity contribution >= 4 is 14.1 Å². The molecule has 2 aromatic rings. The molecule has 0 aliphatic carbocycles. The molecule has 2 rings (SSSR count). The molecule has 4 nitrogen and oxygen atoms in total. The van der Waals surface area contributed by atoms with Crippen LogP contribution in [0.5, 0.6) is 0 Å². The van der Waals surface area contributed by atoms with Gasteiger partial charge in [-0.25, -0.2) is 4.68 Å². The van der Waals surface area contributed by atoms with Crippen LogP contribution in [0.1, 0.15) is 52.8 Å². The number of aromatic nitrogens is 2. The summed E-state index contributed by atoms with van der Waals surface area (Å²) >= 11 is 0. The van der Waals surface area contributed by atoms with Crippen molar-refractivity contribution in [3.63, 3.8) is 0 Å². The Balaban J connectivity index is 2.24. The van der Waals surface area contributed by atoms with Crippen LogP contribution < -0.4 is 5.73 Å². The second-order valence-corrected chi connectivity index (χ2v) is 14.1. The summed E-state index contributed by atoms with van der Waals surface area (Å²) in [6, 6.07) is 10.2. The van der Waals surface area contributed by atoms with Gasteiger partial charge >= 0.3 is 0 Å². The molecule has 0 unspecified atom stereocenters. The molecule has 138 valence electrons. The Morgan fingerprint density at radius 1 is 1.08 bits per heavy atom. The summed E-state index contributed by atoms with van der Waals surface area (Å²) in [7, 11) is -1.76. The van der Waals surface area contributed by atoms with Gasteiger partial charge in [-0.2, -0.15) is 5.10 Å². The van der Waals surface area contributed by atoms with E-state index in [9.17, 15) is 0 Å². The van der Waals surface area contributed by atoms with Gasteiger partial charge in [0.1, 0.15) is 5.82 Å². The Morgan fingerprint density at radius 2 is 1.72 bits per heavy atom. The first-order valence-electron chi connectivity index (χ1n) is 8.90. The molecule has 0 spiro atoms. The smallest absolute Gasteiger partial charge is 0.192 e. The van der Waals surface area contributed by atoms with Crippen molar-refractivity contribution in [2.75, 3.05) is 5.73 Å². The SMILES string of the molecule is CC(C)(C)c1cc(N)n(-c2cccc(CO[Si](C)(C)C(C)(C)C)c2)n1. The molecule has 0 aliphatic rings. The number of hydrogen-bond donors (Lipinski definition) is 1. The summed E-state index contributed by atoms with van der Waals surface area (Å²) in [5.74, 6) is 0.660. The lowest BCUT2D eigenvalue weighted by atomic mass is 9.92. The lowest BCUT2D eigenvalue weighted by Crippen LogP contribution is -2.40. The summed E-state index contributed by atoms with van der Waals surface area (Å²) < 4.78 is 8.15. The van der Waals surface area contributed by atoms with Crippen molar-refractivity contribution in [3.05, 3.63) is 41.6 Å². The first-order valence-corrected chi connectivity index (χ1v) is 11.8. The van der Waals surface area contributed by atoms with Gasteiger partial charge in [0.15, 0.2) is 8.32 Å². The third-order valence-electron chi connectivity index (χ3n) is 5.07. The Morgan fingerprint density at radius 3 is 2.24 bits per heavy atom. The van der Waals surface area contributed by atoms with Crippen molar-refractivity contribution < 1.29 is 4.43 Å². The van der Waals surface area contributed by atoms with Crippen LogP contribution in [0.3, 0.4) is 0 Å². The summed E-state index contributed by atoms with van der Waals surface area (Å²) in [6.45, 7) is 18.4. The highest BCUT2D eigenvalue weighted by Crippen LogP contribution is 2.37. The number of benzene rings is 1. The Labute approximate surface area is 153 Å². The predicted octanol–water partition coefficient (Wildman–Crippen LogP) is 5.27. The minimum Gasteiger partial charge on any atom is -0.413 e. The zero-order valence-corrected chi connectivity index (χ0v) is 18.0. The minimum absolute atomic E-state index is 0.0254. The van der Waals surface area contributed by atoms with Crippen molar-refractivity contribution in [3.8, 4) is 5.69 Å². The van der Waals surface area contributed by atoms with E-state index in [0.717, 1.165) is 16.9 Å². The Kier molecular flexibility index (Phi) is 5.22. The average molecular weight is 360 g/mol. The second-order valence-electron chi connectivity index (χ2n) is 9.34. The lowest BCUT2D eigenvalue weighted by molar-refractivity contribution is 0.276. The zero-order valence-electron chi connectivity index (χ0n) is 17.0. The van der Waals surface area contributed by atoms with E-state index in [1.807, 2.05) is 22.9 Å². The molecule has 0 radical (unpaired) electrons. The van der Waals surface area contributed by atoms with Crippen molar-refractivity contribution in [2.45, 2.75) is 71.7 Å². The molecule has 0 saturated heterocycles. The first kappa shape index (κ1) is 19.7. The van der Waals surface area contributed by atoms with E-state index in [4.69, 9.17) is 15.3 Å². The first-order chi connectivity index (χ1) is 11.3. The highest BCUT2D eigenvalue weighted by molar-refractivity contribution is 6.74. The molecule has 1 aromatic heterocycles. The number of nitrogens with zero attached hydrogens (tertiary/aromatic N) is 2. The van der Waals surface area contributed by atoms with E-state index in [2.05, 4.69) is 66.8 Å². The van der Waals surface area contributed by atoms with Gasteiger partial charge in [-0.15, -0.1) is 0 Å². The van der Waals surface area contributed by atoms with Gasteiger partial charge in [0.25, 0.3) is 0 Å². The molecule has 0 aliphatic heterocycles. The Hall–Kier alpha value is -1.59. The van der Waals surface area contributed by atoms with Crippen LogP contribution in [-0.4, -0.2) is 18.1 Å². The fourth-order valence-corrected chi connectivity index (χ4v) is 3.19. The van der Waals surface area contributed by atoms with E-state index in [-0.39, 0.29) is 10.5 Å². The van der Waals surface area contributed by atoms with E-state index >= 15 is 0 Å². The fraction of sp³-hybridized carbons (Fsp3) is 0.550. The Bertz CT molecular complexity index is 736. The predicted molar refractivity (Wildman–Crippen MR) is 109 cm³/mol. The van der Waals surface area contributed by atoms with Crippen LogP contribution in [0.4, 0.5) is 5.82 Å². The van der Waals surface area contributed by atoms with Crippen molar-refractivity contribution in [2.24, 2.45) is 0 Å². The molecule has 1 heterocycles. The average Bonchev–Trinajstić information content (AvgIpc) is 2.86. The lowest BCUT2D eigenvalue weighted by Gasteiger charge is -2.36. The third kappa shape index (κ3) is 4.53. The standard InChI is InChI=1S/C20H33N3OSi/c1-19(2,3)17-13-18(21)23(22-17)16-11-9-10-15(12-16)14-24-25(7,8)20(4,5)6/h9-13H,14,21H2,1-8H3. The van der Waals surface area contributed by atoms with Crippen molar-refractivity contribution in [1.29, 1.82) is 0 Å².